The summed E-state index contributed by atoms with van der Waals surface area (Å²) >= 11 is 0. The Balaban J connectivity index is 2.44. The van der Waals surface area contributed by atoms with E-state index in [1.165, 1.54) is 0 Å². The monoisotopic (exact) mass is 211 g/mol. The number of hydrogen-bond acceptors (Lipinski definition) is 3. The first kappa shape index (κ1) is 11.7. The molecule has 84 valence electrons. The number of nitrogens with one attached hydrogen (secondary N) is 2. The second-order valence-electron chi connectivity index (χ2n) is 3.45. The fourth-order valence-corrected chi connectivity index (χ4v) is 1.31. The molecule has 1 rings (SSSR count). The highest BCUT2D eigenvalue weighted by molar-refractivity contribution is 5.91. The third-order valence-electron chi connectivity index (χ3n) is 2.14. The molecule has 0 radical (unpaired) electrons. The first-order valence-corrected chi connectivity index (χ1v) is 4.95. The van der Waals surface area contributed by atoms with Gasteiger partial charge in [0, 0.05) is 20.1 Å². The van der Waals surface area contributed by atoms with Gasteiger partial charge in [0.25, 0.3) is 0 Å². The van der Waals surface area contributed by atoms with Crippen LogP contribution in [0.5, 0.6) is 0 Å². The summed E-state index contributed by atoms with van der Waals surface area (Å²) in [7, 11) is 1.63. The highest BCUT2D eigenvalue weighted by atomic mass is 16.5. The SMILES string of the molecule is COCCCC(=O)Nc1c(C)n[nH]c1C. The number of aromatic amines is 1. The van der Waals surface area contributed by atoms with Crippen molar-refractivity contribution in [1.82, 2.24) is 10.2 Å². The number of nitrogens with zero attached hydrogens (tertiary/aromatic N) is 1. The average molecular weight is 211 g/mol. The van der Waals surface area contributed by atoms with Crippen LogP contribution in [0.15, 0.2) is 0 Å². The fourth-order valence-electron chi connectivity index (χ4n) is 1.31. The number of hydrogen-bond donors (Lipinski definition) is 2. The van der Waals surface area contributed by atoms with Crippen LogP contribution in [-0.4, -0.2) is 29.8 Å². The maximum atomic E-state index is 11.5. The van der Waals surface area contributed by atoms with Crippen molar-refractivity contribution in [3.8, 4) is 0 Å². The first-order valence-electron chi connectivity index (χ1n) is 4.95. The second-order valence-corrected chi connectivity index (χ2v) is 3.45. The van der Waals surface area contributed by atoms with Gasteiger partial charge < -0.3 is 10.1 Å². The van der Waals surface area contributed by atoms with Crippen LogP contribution in [-0.2, 0) is 9.53 Å². The quantitative estimate of drug-likeness (QED) is 0.723. The van der Waals surface area contributed by atoms with Crippen molar-refractivity contribution in [3.63, 3.8) is 0 Å². The molecular weight excluding hydrogens is 194 g/mol. The van der Waals surface area contributed by atoms with E-state index in [0.29, 0.717) is 13.0 Å². The minimum atomic E-state index is -0.000324. The summed E-state index contributed by atoms with van der Waals surface area (Å²) in [6, 6.07) is 0. The predicted molar refractivity (Wildman–Crippen MR) is 57.8 cm³/mol. The van der Waals surface area contributed by atoms with Crippen LogP contribution < -0.4 is 5.32 Å². The normalized spacial score (nSPS) is 10.3. The van der Waals surface area contributed by atoms with Crippen molar-refractivity contribution < 1.29 is 9.53 Å². The first-order chi connectivity index (χ1) is 7.15. The fraction of sp³-hybridized carbons (Fsp3) is 0.600. The summed E-state index contributed by atoms with van der Waals surface area (Å²) < 4.78 is 4.88. The number of anilines is 1. The van der Waals surface area contributed by atoms with Gasteiger partial charge in [-0.05, 0) is 20.3 Å². The Hall–Kier alpha value is -1.36. The lowest BCUT2D eigenvalue weighted by atomic mass is 10.2. The third kappa shape index (κ3) is 3.36. The van der Waals surface area contributed by atoms with Crippen molar-refractivity contribution in [2.45, 2.75) is 26.7 Å². The van der Waals surface area contributed by atoms with Crippen LogP contribution in [0.25, 0.3) is 0 Å². The molecule has 0 aliphatic heterocycles. The van der Waals surface area contributed by atoms with E-state index in [9.17, 15) is 4.79 Å². The Morgan fingerprint density at radius 2 is 2.27 bits per heavy atom. The molecule has 2 N–H and O–H groups in total. The average Bonchev–Trinajstić information content (AvgIpc) is 2.50. The zero-order valence-corrected chi connectivity index (χ0v) is 9.39. The largest absolute Gasteiger partial charge is 0.385 e. The number of methoxy groups -OCH3 is 1. The maximum Gasteiger partial charge on any atom is 0.224 e. The number of ether oxygens (including phenoxy) is 1. The number of carbonyl (C=O) groups is 1. The number of amides is 1. The van der Waals surface area contributed by atoms with Gasteiger partial charge in [-0.3, -0.25) is 9.89 Å². The molecule has 1 aromatic heterocycles. The number of carbonyl (C=O) groups excluding carboxylic acids is 1. The van der Waals surface area contributed by atoms with E-state index in [1.807, 2.05) is 13.8 Å². The molecule has 1 aromatic rings. The number of rotatable bonds is 5. The lowest BCUT2D eigenvalue weighted by Gasteiger charge is -2.04. The lowest BCUT2D eigenvalue weighted by molar-refractivity contribution is -0.116. The molecule has 0 aliphatic carbocycles. The lowest BCUT2D eigenvalue weighted by Crippen LogP contribution is -2.13. The molecule has 0 saturated heterocycles. The van der Waals surface area contributed by atoms with Crippen LogP contribution >= 0.6 is 0 Å². The van der Waals surface area contributed by atoms with Crippen LogP contribution in [0.4, 0.5) is 5.69 Å². The van der Waals surface area contributed by atoms with Crippen LogP contribution in [0, 0.1) is 13.8 Å². The Kier molecular flexibility index (Phi) is 4.30. The molecule has 0 atom stereocenters. The molecule has 0 aliphatic rings. The standard InChI is InChI=1S/C10H17N3O2/c1-7-10(8(2)13-12-7)11-9(14)5-4-6-15-3/h4-6H2,1-3H3,(H,11,14)(H,12,13). The van der Waals surface area contributed by atoms with Gasteiger partial charge in [-0.15, -0.1) is 0 Å². The van der Waals surface area contributed by atoms with Gasteiger partial charge >= 0.3 is 0 Å². The zero-order chi connectivity index (χ0) is 11.3. The molecule has 1 amide bonds. The summed E-state index contributed by atoms with van der Waals surface area (Å²) in [5, 5.41) is 9.65. The summed E-state index contributed by atoms with van der Waals surface area (Å²) in [5.41, 5.74) is 2.48. The van der Waals surface area contributed by atoms with E-state index in [0.717, 1.165) is 23.5 Å². The van der Waals surface area contributed by atoms with E-state index in [4.69, 9.17) is 4.74 Å². The van der Waals surface area contributed by atoms with Crippen molar-refractivity contribution in [2.75, 3.05) is 19.0 Å². The molecule has 0 fully saturated rings. The van der Waals surface area contributed by atoms with E-state index in [2.05, 4.69) is 15.5 Å². The summed E-state index contributed by atoms with van der Waals surface area (Å²) in [5.74, 6) is -0.000324. The van der Waals surface area contributed by atoms with E-state index in [1.54, 1.807) is 7.11 Å². The summed E-state index contributed by atoms with van der Waals surface area (Å²) in [6.45, 7) is 4.34. The number of aryl methyl sites for hydroxylation is 2. The Labute approximate surface area is 89.2 Å². The van der Waals surface area contributed by atoms with E-state index >= 15 is 0 Å². The Morgan fingerprint density at radius 1 is 1.53 bits per heavy atom. The van der Waals surface area contributed by atoms with E-state index in [-0.39, 0.29) is 5.91 Å². The molecule has 15 heavy (non-hydrogen) atoms. The molecule has 1 heterocycles. The van der Waals surface area contributed by atoms with Crippen molar-refractivity contribution in [1.29, 1.82) is 0 Å². The molecule has 0 bridgehead atoms. The smallest absolute Gasteiger partial charge is 0.224 e. The molecule has 0 aromatic carbocycles. The zero-order valence-electron chi connectivity index (χ0n) is 9.39. The Morgan fingerprint density at radius 3 is 2.80 bits per heavy atom. The van der Waals surface area contributed by atoms with Crippen molar-refractivity contribution >= 4 is 11.6 Å². The van der Waals surface area contributed by atoms with Gasteiger partial charge in [0.05, 0.1) is 17.1 Å². The van der Waals surface area contributed by atoms with Crippen LogP contribution in [0.3, 0.4) is 0 Å². The Bertz CT molecular complexity index is 314. The van der Waals surface area contributed by atoms with Gasteiger partial charge in [0.15, 0.2) is 0 Å². The second kappa shape index (κ2) is 5.50. The molecule has 5 nitrogen and oxygen atoms in total. The highest BCUT2D eigenvalue weighted by Gasteiger charge is 2.09. The molecule has 0 saturated carbocycles. The molecule has 0 unspecified atom stereocenters. The van der Waals surface area contributed by atoms with Gasteiger partial charge in [-0.25, -0.2) is 0 Å². The summed E-state index contributed by atoms with van der Waals surface area (Å²) in [4.78, 5) is 11.5. The topological polar surface area (TPSA) is 67.0 Å². The third-order valence-corrected chi connectivity index (χ3v) is 2.14. The van der Waals surface area contributed by atoms with Gasteiger partial charge in [-0.1, -0.05) is 0 Å². The number of aromatic nitrogens is 2. The van der Waals surface area contributed by atoms with E-state index < -0.39 is 0 Å². The van der Waals surface area contributed by atoms with Crippen molar-refractivity contribution in [3.05, 3.63) is 11.4 Å². The molecule has 0 spiro atoms. The predicted octanol–water partition coefficient (Wildman–Crippen LogP) is 1.39. The minimum Gasteiger partial charge on any atom is -0.385 e. The number of H-pyrrole nitrogens is 1. The maximum absolute atomic E-state index is 11.5. The van der Waals surface area contributed by atoms with Crippen LogP contribution in [0.1, 0.15) is 24.2 Å². The minimum absolute atomic E-state index is 0.000324. The molecule has 5 heteroatoms. The molecular formula is C10H17N3O2. The van der Waals surface area contributed by atoms with Gasteiger partial charge in [-0.2, -0.15) is 5.10 Å². The van der Waals surface area contributed by atoms with Crippen LogP contribution in [0.2, 0.25) is 0 Å². The summed E-state index contributed by atoms with van der Waals surface area (Å²) in [6.07, 6.45) is 1.20. The van der Waals surface area contributed by atoms with Gasteiger partial charge in [0.1, 0.15) is 0 Å². The highest BCUT2D eigenvalue weighted by Crippen LogP contribution is 2.16. The van der Waals surface area contributed by atoms with Crippen molar-refractivity contribution in [2.24, 2.45) is 0 Å². The van der Waals surface area contributed by atoms with Gasteiger partial charge in [0.2, 0.25) is 5.91 Å².